The first-order valence-corrected chi connectivity index (χ1v) is 11.7. The number of nitrogens with zero attached hydrogens (tertiary/aromatic N) is 2. The van der Waals surface area contributed by atoms with Crippen LogP contribution in [0.2, 0.25) is 0 Å². The van der Waals surface area contributed by atoms with Gasteiger partial charge in [-0.3, -0.25) is 0 Å². The Kier molecular flexibility index (Phi) is 7.48. The third-order valence-corrected chi connectivity index (χ3v) is 6.01. The molecule has 0 saturated carbocycles. The second-order valence-corrected chi connectivity index (χ2v) is 8.92. The fraction of sp³-hybridized carbons (Fsp3) is 0.207. The van der Waals surface area contributed by atoms with Crippen molar-refractivity contribution in [2.24, 2.45) is 0 Å². The van der Waals surface area contributed by atoms with Gasteiger partial charge in [0.25, 0.3) is 0 Å². The van der Waals surface area contributed by atoms with Gasteiger partial charge < -0.3 is 14.8 Å². The number of carbonyl (C=O) groups excluding carboxylic acids is 1. The van der Waals surface area contributed by atoms with Crippen molar-refractivity contribution < 1.29 is 18.0 Å². The Labute approximate surface area is 209 Å². The highest BCUT2D eigenvalue weighted by Gasteiger charge is 2.30. The Hall–Kier alpha value is -4.00. The first kappa shape index (κ1) is 25.1. The van der Waals surface area contributed by atoms with E-state index in [-0.39, 0.29) is 19.1 Å². The molecule has 0 unspecified atom stereocenters. The van der Waals surface area contributed by atoms with E-state index < -0.39 is 11.7 Å². The minimum absolute atomic E-state index is 0.252. The lowest BCUT2D eigenvalue weighted by atomic mass is 10.1. The molecule has 4 nitrogen and oxygen atoms in total. The minimum atomic E-state index is -4.39. The smallest absolute Gasteiger partial charge is 0.345 e. The van der Waals surface area contributed by atoms with Gasteiger partial charge in [0.15, 0.2) is 0 Å². The average Bonchev–Trinajstić information content (AvgIpc) is 3.27. The van der Waals surface area contributed by atoms with Gasteiger partial charge in [-0.2, -0.15) is 13.2 Å². The van der Waals surface area contributed by atoms with Gasteiger partial charge in [0.1, 0.15) is 0 Å². The number of hydrogen-bond donors (Lipinski definition) is 1. The summed E-state index contributed by atoms with van der Waals surface area (Å²) in [7, 11) is 0. The molecule has 0 saturated heterocycles. The number of hydrogen-bond acceptors (Lipinski definition) is 1. The van der Waals surface area contributed by atoms with E-state index in [4.69, 9.17) is 0 Å². The van der Waals surface area contributed by atoms with E-state index in [0.29, 0.717) is 12.1 Å². The number of halogens is 3. The van der Waals surface area contributed by atoms with Crippen LogP contribution in [0.3, 0.4) is 0 Å². The molecule has 4 rings (SSSR count). The molecule has 0 aliphatic heterocycles. The Balaban J connectivity index is 1.57. The quantitative estimate of drug-likeness (QED) is 0.287. The van der Waals surface area contributed by atoms with E-state index in [1.54, 1.807) is 11.0 Å². The van der Waals surface area contributed by atoms with E-state index in [1.165, 1.54) is 12.1 Å². The summed E-state index contributed by atoms with van der Waals surface area (Å²) in [6, 6.07) is 24.3. The van der Waals surface area contributed by atoms with Crippen molar-refractivity contribution in [3.8, 4) is 0 Å². The predicted octanol–water partition coefficient (Wildman–Crippen LogP) is 7.41. The maximum atomic E-state index is 13.4. The third kappa shape index (κ3) is 6.36. The summed E-state index contributed by atoms with van der Waals surface area (Å²) in [5.41, 5.74) is 4.48. The molecular weight excluding hydrogens is 463 g/mol. The van der Waals surface area contributed by atoms with Crippen LogP contribution in [0, 0.1) is 13.8 Å². The van der Waals surface area contributed by atoms with Crippen LogP contribution in [0.4, 0.5) is 23.7 Å². The van der Waals surface area contributed by atoms with E-state index in [1.807, 2.05) is 85.3 Å². The molecule has 36 heavy (non-hydrogen) atoms. The zero-order chi connectivity index (χ0) is 25.7. The number of carbonyl (C=O) groups is 1. The van der Waals surface area contributed by atoms with Crippen LogP contribution in [0.15, 0.2) is 91.1 Å². The summed E-state index contributed by atoms with van der Waals surface area (Å²) in [5.74, 6) is 0. The first-order valence-electron chi connectivity index (χ1n) is 11.7. The highest BCUT2D eigenvalue weighted by molar-refractivity contribution is 5.90. The van der Waals surface area contributed by atoms with Crippen molar-refractivity contribution in [1.82, 2.24) is 9.47 Å². The zero-order valence-electron chi connectivity index (χ0n) is 20.2. The summed E-state index contributed by atoms with van der Waals surface area (Å²) in [6.07, 6.45) is -2.58. The van der Waals surface area contributed by atoms with Crippen molar-refractivity contribution in [1.29, 1.82) is 0 Å². The van der Waals surface area contributed by atoms with Crippen LogP contribution in [0.5, 0.6) is 0 Å². The average molecular weight is 492 g/mol. The molecule has 4 aromatic rings. The van der Waals surface area contributed by atoms with Gasteiger partial charge in [0.05, 0.1) is 12.1 Å². The number of amides is 2. The number of rotatable bonds is 7. The molecule has 0 aliphatic carbocycles. The van der Waals surface area contributed by atoms with Crippen LogP contribution >= 0.6 is 0 Å². The normalized spacial score (nSPS) is 11.4. The molecule has 7 heteroatoms. The lowest BCUT2D eigenvalue weighted by Crippen LogP contribution is -2.35. The summed E-state index contributed by atoms with van der Waals surface area (Å²) in [4.78, 5) is 15.1. The number of urea groups is 1. The number of aryl methyl sites for hydroxylation is 2. The summed E-state index contributed by atoms with van der Waals surface area (Å²) in [6.45, 7) is 4.89. The molecular formula is C29H28F3N3O. The molecule has 1 heterocycles. The molecule has 186 valence electrons. The van der Waals surface area contributed by atoms with E-state index in [2.05, 4.69) is 5.32 Å². The Bertz CT molecular complexity index is 1330. The lowest BCUT2D eigenvalue weighted by molar-refractivity contribution is -0.137. The second-order valence-electron chi connectivity index (χ2n) is 8.92. The van der Waals surface area contributed by atoms with Crippen molar-refractivity contribution in [2.45, 2.75) is 39.7 Å². The van der Waals surface area contributed by atoms with Gasteiger partial charge in [0.2, 0.25) is 0 Å². The molecule has 0 spiro atoms. The molecule has 0 aliphatic rings. The molecule has 1 N–H and O–H groups in total. The summed E-state index contributed by atoms with van der Waals surface area (Å²) < 4.78 is 41.4. The second kappa shape index (κ2) is 10.7. The number of nitrogens with one attached hydrogen (secondary N) is 1. The van der Waals surface area contributed by atoms with Crippen LogP contribution < -0.4 is 5.32 Å². The Morgan fingerprint density at radius 3 is 2.33 bits per heavy atom. The van der Waals surface area contributed by atoms with Gasteiger partial charge in [-0.05, 0) is 60.9 Å². The highest BCUT2D eigenvalue weighted by Crippen LogP contribution is 2.30. The maximum absolute atomic E-state index is 13.4. The van der Waals surface area contributed by atoms with Gasteiger partial charge in [-0.1, -0.05) is 60.2 Å². The number of alkyl halides is 3. The van der Waals surface area contributed by atoms with Crippen LogP contribution in [-0.2, 0) is 25.8 Å². The largest absolute Gasteiger partial charge is 0.416 e. The Morgan fingerprint density at radius 1 is 0.861 bits per heavy atom. The van der Waals surface area contributed by atoms with Crippen molar-refractivity contribution >= 4 is 11.7 Å². The monoisotopic (exact) mass is 491 g/mol. The molecule has 0 atom stereocenters. The standard InChI is InChI=1S/C29H28F3N3O/c1-21-13-14-27(22(2)16-21)33-28(36)35(18-23-8-4-3-5-9-23)20-26-12-7-15-34(26)19-24-10-6-11-25(17-24)29(30,31)32/h3-17H,18-20H2,1-2H3,(H,33,36). The third-order valence-electron chi connectivity index (χ3n) is 6.01. The minimum Gasteiger partial charge on any atom is -0.345 e. The SMILES string of the molecule is Cc1ccc(NC(=O)N(Cc2ccccc2)Cc2cccn2Cc2cccc(C(F)(F)F)c2)c(C)c1. The maximum Gasteiger partial charge on any atom is 0.416 e. The zero-order valence-corrected chi connectivity index (χ0v) is 20.2. The molecule has 3 aromatic carbocycles. The number of aromatic nitrogens is 1. The molecule has 0 bridgehead atoms. The highest BCUT2D eigenvalue weighted by atomic mass is 19.4. The Morgan fingerprint density at radius 2 is 1.61 bits per heavy atom. The summed E-state index contributed by atoms with van der Waals surface area (Å²) in [5, 5.41) is 3.02. The van der Waals surface area contributed by atoms with Crippen LogP contribution in [-0.4, -0.2) is 15.5 Å². The van der Waals surface area contributed by atoms with Crippen molar-refractivity contribution in [2.75, 3.05) is 5.32 Å². The molecule has 0 fully saturated rings. The van der Waals surface area contributed by atoms with Crippen molar-refractivity contribution in [3.05, 3.63) is 125 Å². The van der Waals surface area contributed by atoms with E-state index >= 15 is 0 Å². The number of benzene rings is 3. The summed E-state index contributed by atoms with van der Waals surface area (Å²) >= 11 is 0. The van der Waals surface area contributed by atoms with Crippen LogP contribution in [0.25, 0.3) is 0 Å². The van der Waals surface area contributed by atoms with E-state index in [9.17, 15) is 18.0 Å². The molecule has 0 radical (unpaired) electrons. The van der Waals surface area contributed by atoms with Crippen molar-refractivity contribution in [3.63, 3.8) is 0 Å². The number of anilines is 1. The topological polar surface area (TPSA) is 37.3 Å². The molecule has 2 amide bonds. The first-order chi connectivity index (χ1) is 17.2. The molecule has 1 aromatic heterocycles. The van der Waals surface area contributed by atoms with E-state index in [0.717, 1.165) is 34.1 Å². The lowest BCUT2D eigenvalue weighted by Gasteiger charge is -2.25. The van der Waals surface area contributed by atoms with Gasteiger partial charge in [-0.25, -0.2) is 4.79 Å². The van der Waals surface area contributed by atoms with Gasteiger partial charge in [0, 0.05) is 30.7 Å². The van der Waals surface area contributed by atoms with Crippen LogP contribution in [0.1, 0.15) is 33.5 Å². The van der Waals surface area contributed by atoms with Gasteiger partial charge >= 0.3 is 12.2 Å². The predicted molar refractivity (Wildman–Crippen MR) is 136 cm³/mol. The fourth-order valence-electron chi connectivity index (χ4n) is 4.14. The van der Waals surface area contributed by atoms with Gasteiger partial charge in [-0.15, -0.1) is 0 Å². The fourth-order valence-corrected chi connectivity index (χ4v) is 4.14.